The topological polar surface area (TPSA) is 78.4 Å². The number of rotatable bonds is 6. The molecule has 116 valence electrons. The normalized spacial score (nSPS) is 18.1. The molecule has 1 aliphatic rings. The van der Waals surface area contributed by atoms with Crippen molar-refractivity contribution in [2.24, 2.45) is 5.41 Å². The van der Waals surface area contributed by atoms with E-state index in [-0.39, 0.29) is 5.41 Å². The van der Waals surface area contributed by atoms with Crippen molar-refractivity contribution in [3.8, 4) is 0 Å². The lowest BCUT2D eigenvalue weighted by Crippen LogP contribution is -2.44. The van der Waals surface area contributed by atoms with Gasteiger partial charge in [-0.2, -0.15) is 0 Å². The SMILES string of the molecule is CCC1(CNC(=O)NC(C(=O)O)c2cccs2)CCCC1. The number of urea groups is 1. The van der Waals surface area contributed by atoms with Gasteiger partial charge in [0, 0.05) is 11.4 Å². The Labute approximate surface area is 128 Å². The second kappa shape index (κ2) is 6.93. The minimum absolute atomic E-state index is 0.193. The highest BCUT2D eigenvalue weighted by Gasteiger charge is 2.32. The molecule has 1 aromatic heterocycles. The first-order valence-electron chi connectivity index (χ1n) is 7.37. The summed E-state index contributed by atoms with van der Waals surface area (Å²) in [5, 5.41) is 16.4. The number of amides is 2. The van der Waals surface area contributed by atoms with E-state index >= 15 is 0 Å². The largest absolute Gasteiger partial charge is 0.479 e. The number of carboxylic acids is 1. The van der Waals surface area contributed by atoms with Crippen molar-refractivity contribution in [1.29, 1.82) is 0 Å². The number of hydrogen-bond donors (Lipinski definition) is 3. The highest BCUT2D eigenvalue weighted by molar-refractivity contribution is 7.10. The van der Waals surface area contributed by atoms with E-state index in [1.54, 1.807) is 17.5 Å². The Hall–Kier alpha value is -1.56. The van der Waals surface area contributed by atoms with Gasteiger partial charge in [-0.05, 0) is 36.1 Å². The zero-order valence-corrected chi connectivity index (χ0v) is 13.0. The molecule has 0 bridgehead atoms. The Bertz CT molecular complexity index is 481. The van der Waals surface area contributed by atoms with Crippen LogP contribution in [0.3, 0.4) is 0 Å². The smallest absolute Gasteiger partial charge is 0.331 e. The van der Waals surface area contributed by atoms with Crippen molar-refractivity contribution in [3.05, 3.63) is 22.4 Å². The number of carboxylic acid groups (broad SMARTS) is 1. The average Bonchev–Trinajstić information content (AvgIpc) is 3.14. The van der Waals surface area contributed by atoms with Crippen LogP contribution in [0.4, 0.5) is 4.79 Å². The lowest BCUT2D eigenvalue weighted by molar-refractivity contribution is -0.139. The summed E-state index contributed by atoms with van der Waals surface area (Å²) in [4.78, 5) is 23.9. The summed E-state index contributed by atoms with van der Waals surface area (Å²) in [6, 6.07) is 2.11. The molecule has 2 amide bonds. The van der Waals surface area contributed by atoms with E-state index in [1.807, 2.05) is 0 Å². The summed E-state index contributed by atoms with van der Waals surface area (Å²) in [6.45, 7) is 2.77. The van der Waals surface area contributed by atoms with Crippen LogP contribution in [0.15, 0.2) is 17.5 Å². The third-order valence-corrected chi connectivity index (χ3v) is 5.33. The Kier molecular flexibility index (Phi) is 5.22. The van der Waals surface area contributed by atoms with Crippen molar-refractivity contribution in [3.63, 3.8) is 0 Å². The average molecular weight is 310 g/mol. The zero-order chi connectivity index (χ0) is 15.3. The second-order valence-electron chi connectivity index (χ2n) is 5.67. The molecular weight excluding hydrogens is 288 g/mol. The number of carbonyl (C=O) groups is 2. The molecule has 0 aromatic carbocycles. The number of hydrogen-bond acceptors (Lipinski definition) is 3. The Morgan fingerprint density at radius 1 is 1.43 bits per heavy atom. The standard InChI is InChI=1S/C15H22N2O3S/c1-2-15(7-3-4-8-15)10-16-14(20)17-12(13(18)19)11-6-5-9-21-11/h5-6,9,12H,2-4,7-8,10H2,1H3,(H,18,19)(H2,16,17,20). The molecule has 0 saturated heterocycles. The van der Waals surface area contributed by atoms with E-state index in [0.29, 0.717) is 11.4 Å². The van der Waals surface area contributed by atoms with Gasteiger partial charge in [-0.1, -0.05) is 25.8 Å². The van der Waals surface area contributed by atoms with Crippen LogP contribution in [0.2, 0.25) is 0 Å². The van der Waals surface area contributed by atoms with Crippen molar-refractivity contribution in [2.45, 2.75) is 45.1 Å². The van der Waals surface area contributed by atoms with Crippen LogP contribution in [0.5, 0.6) is 0 Å². The van der Waals surface area contributed by atoms with Crippen LogP contribution in [-0.2, 0) is 4.79 Å². The van der Waals surface area contributed by atoms with E-state index in [1.165, 1.54) is 24.2 Å². The van der Waals surface area contributed by atoms with Crippen molar-refractivity contribution in [2.75, 3.05) is 6.54 Å². The van der Waals surface area contributed by atoms with Gasteiger partial charge in [0.25, 0.3) is 0 Å². The van der Waals surface area contributed by atoms with Crippen molar-refractivity contribution >= 4 is 23.3 Å². The van der Waals surface area contributed by atoms with E-state index in [2.05, 4.69) is 17.6 Å². The van der Waals surface area contributed by atoms with E-state index in [9.17, 15) is 14.7 Å². The summed E-state index contributed by atoms with van der Waals surface area (Å²) in [5.41, 5.74) is 0.193. The van der Waals surface area contributed by atoms with Crippen LogP contribution < -0.4 is 10.6 Å². The molecule has 2 rings (SSSR count). The van der Waals surface area contributed by atoms with E-state index in [4.69, 9.17) is 0 Å². The minimum Gasteiger partial charge on any atom is -0.479 e. The third-order valence-electron chi connectivity index (χ3n) is 4.39. The summed E-state index contributed by atoms with van der Waals surface area (Å²) in [7, 11) is 0. The predicted molar refractivity (Wildman–Crippen MR) is 82.4 cm³/mol. The molecule has 1 heterocycles. The highest BCUT2D eigenvalue weighted by Crippen LogP contribution is 2.40. The number of nitrogens with one attached hydrogen (secondary N) is 2. The van der Waals surface area contributed by atoms with E-state index < -0.39 is 18.0 Å². The van der Waals surface area contributed by atoms with Crippen LogP contribution in [0.1, 0.15) is 49.9 Å². The minimum atomic E-state index is -1.04. The third kappa shape index (κ3) is 3.97. The molecule has 1 aromatic rings. The van der Waals surface area contributed by atoms with Gasteiger partial charge in [0.2, 0.25) is 0 Å². The van der Waals surface area contributed by atoms with Gasteiger partial charge < -0.3 is 15.7 Å². The zero-order valence-electron chi connectivity index (χ0n) is 12.2. The fraction of sp³-hybridized carbons (Fsp3) is 0.600. The number of carbonyl (C=O) groups excluding carboxylic acids is 1. The molecule has 0 radical (unpaired) electrons. The van der Waals surface area contributed by atoms with E-state index in [0.717, 1.165) is 19.3 Å². The molecule has 0 aliphatic heterocycles. The molecule has 1 aliphatic carbocycles. The highest BCUT2D eigenvalue weighted by atomic mass is 32.1. The molecule has 1 unspecified atom stereocenters. The summed E-state index contributed by atoms with van der Waals surface area (Å²) >= 11 is 1.33. The van der Waals surface area contributed by atoms with Crippen LogP contribution in [-0.4, -0.2) is 23.7 Å². The molecule has 6 heteroatoms. The Morgan fingerprint density at radius 2 is 2.14 bits per heavy atom. The van der Waals surface area contributed by atoms with Crippen molar-refractivity contribution < 1.29 is 14.7 Å². The van der Waals surface area contributed by atoms with Gasteiger partial charge in [0.1, 0.15) is 0 Å². The van der Waals surface area contributed by atoms with Gasteiger partial charge in [-0.3, -0.25) is 0 Å². The first-order chi connectivity index (χ1) is 10.1. The maximum atomic E-state index is 12.0. The molecule has 1 saturated carbocycles. The summed E-state index contributed by atoms with van der Waals surface area (Å²) in [5.74, 6) is -1.04. The van der Waals surface area contributed by atoms with Crippen LogP contribution in [0.25, 0.3) is 0 Å². The maximum Gasteiger partial charge on any atom is 0.331 e. The first kappa shape index (κ1) is 15.8. The molecule has 5 nitrogen and oxygen atoms in total. The quantitative estimate of drug-likeness (QED) is 0.755. The summed E-state index contributed by atoms with van der Waals surface area (Å²) < 4.78 is 0. The molecule has 3 N–H and O–H groups in total. The Balaban J connectivity index is 1.89. The lowest BCUT2D eigenvalue weighted by atomic mass is 9.83. The van der Waals surface area contributed by atoms with Gasteiger partial charge in [0.05, 0.1) is 0 Å². The van der Waals surface area contributed by atoms with Gasteiger partial charge in [-0.25, -0.2) is 9.59 Å². The van der Waals surface area contributed by atoms with Crippen LogP contribution >= 0.6 is 11.3 Å². The monoisotopic (exact) mass is 310 g/mol. The lowest BCUT2D eigenvalue weighted by Gasteiger charge is -2.28. The van der Waals surface area contributed by atoms with Gasteiger partial charge in [0.15, 0.2) is 6.04 Å². The first-order valence-corrected chi connectivity index (χ1v) is 8.25. The molecule has 1 fully saturated rings. The molecule has 1 atom stereocenters. The predicted octanol–water partition coefficient (Wildman–Crippen LogP) is 3.14. The molecule has 0 spiro atoms. The fourth-order valence-electron chi connectivity index (χ4n) is 2.94. The van der Waals surface area contributed by atoms with Gasteiger partial charge in [-0.15, -0.1) is 11.3 Å². The molecular formula is C15H22N2O3S. The van der Waals surface area contributed by atoms with Gasteiger partial charge >= 0.3 is 12.0 Å². The number of aliphatic carboxylic acids is 1. The Morgan fingerprint density at radius 3 is 2.67 bits per heavy atom. The molecule has 21 heavy (non-hydrogen) atoms. The number of thiophene rings is 1. The van der Waals surface area contributed by atoms with Crippen LogP contribution in [0, 0.1) is 5.41 Å². The van der Waals surface area contributed by atoms with Crippen molar-refractivity contribution in [1.82, 2.24) is 10.6 Å². The maximum absolute atomic E-state index is 12.0. The second-order valence-corrected chi connectivity index (χ2v) is 6.65. The summed E-state index contributed by atoms with van der Waals surface area (Å²) in [6.07, 6.45) is 5.74. The fourth-order valence-corrected chi connectivity index (χ4v) is 3.71.